The summed E-state index contributed by atoms with van der Waals surface area (Å²) >= 11 is 0. The lowest BCUT2D eigenvalue weighted by Crippen LogP contribution is -2.33. The number of amides is 1. The summed E-state index contributed by atoms with van der Waals surface area (Å²) in [6.07, 6.45) is 5.28. The smallest absolute Gasteiger partial charge is 0.245 e. The highest BCUT2D eigenvalue weighted by atomic mass is 16.2. The Bertz CT molecular complexity index is 161. The average molecular weight is 153 g/mol. The molecule has 2 nitrogen and oxygen atoms in total. The largest absolute Gasteiger partial charge is 0.342 e. The van der Waals surface area contributed by atoms with Crippen molar-refractivity contribution in [3.8, 4) is 0 Å². The first-order valence-electron chi connectivity index (χ1n) is 4.11. The Balaban J connectivity index is 2.23. The van der Waals surface area contributed by atoms with Crippen LogP contribution in [0.3, 0.4) is 0 Å². The zero-order valence-corrected chi connectivity index (χ0v) is 7.05. The van der Waals surface area contributed by atoms with Gasteiger partial charge in [-0.15, -0.1) is 0 Å². The van der Waals surface area contributed by atoms with E-state index in [0.717, 1.165) is 12.5 Å². The van der Waals surface area contributed by atoms with Crippen LogP contribution in [0.2, 0.25) is 0 Å². The molecule has 0 aromatic rings. The van der Waals surface area contributed by atoms with Crippen molar-refractivity contribution in [2.75, 3.05) is 13.6 Å². The van der Waals surface area contributed by atoms with Crippen LogP contribution in [0.15, 0.2) is 12.7 Å². The van der Waals surface area contributed by atoms with E-state index in [1.807, 2.05) is 7.05 Å². The van der Waals surface area contributed by atoms with E-state index in [-0.39, 0.29) is 5.91 Å². The van der Waals surface area contributed by atoms with Crippen molar-refractivity contribution in [2.45, 2.75) is 19.3 Å². The van der Waals surface area contributed by atoms with E-state index >= 15 is 0 Å². The van der Waals surface area contributed by atoms with Crippen molar-refractivity contribution in [2.24, 2.45) is 5.92 Å². The number of nitrogens with zero attached hydrogens (tertiary/aromatic N) is 1. The molecule has 1 aliphatic rings. The zero-order valence-electron chi connectivity index (χ0n) is 7.05. The lowest BCUT2D eigenvalue weighted by atomic mass is 9.85. The number of likely N-dealkylation sites (N-methyl/N-ethyl adjacent to an activating group) is 1. The highest BCUT2D eigenvalue weighted by molar-refractivity contribution is 5.86. The van der Waals surface area contributed by atoms with Crippen molar-refractivity contribution < 1.29 is 4.79 Å². The molecule has 0 aromatic carbocycles. The third kappa shape index (κ3) is 2.07. The van der Waals surface area contributed by atoms with E-state index in [0.29, 0.717) is 0 Å². The number of hydrogen-bond donors (Lipinski definition) is 0. The molecule has 1 saturated carbocycles. The van der Waals surface area contributed by atoms with Crippen molar-refractivity contribution in [3.05, 3.63) is 12.7 Å². The summed E-state index contributed by atoms with van der Waals surface area (Å²) in [7, 11) is 1.84. The van der Waals surface area contributed by atoms with Gasteiger partial charge in [0.1, 0.15) is 0 Å². The van der Waals surface area contributed by atoms with Gasteiger partial charge in [-0.3, -0.25) is 4.79 Å². The van der Waals surface area contributed by atoms with Gasteiger partial charge in [0, 0.05) is 13.6 Å². The van der Waals surface area contributed by atoms with Crippen molar-refractivity contribution in [1.29, 1.82) is 0 Å². The van der Waals surface area contributed by atoms with E-state index in [1.54, 1.807) is 4.90 Å². The molecule has 1 rings (SSSR count). The maximum absolute atomic E-state index is 11.0. The molecule has 1 fully saturated rings. The monoisotopic (exact) mass is 153 g/mol. The van der Waals surface area contributed by atoms with Gasteiger partial charge in [0.2, 0.25) is 5.91 Å². The molecule has 0 aliphatic heterocycles. The average Bonchev–Trinajstić information content (AvgIpc) is 1.94. The fourth-order valence-corrected chi connectivity index (χ4v) is 1.31. The fraction of sp³-hybridized carbons (Fsp3) is 0.667. The van der Waals surface area contributed by atoms with Gasteiger partial charge in [-0.2, -0.15) is 0 Å². The minimum atomic E-state index is 0.0388. The Hall–Kier alpha value is -0.790. The predicted octanol–water partition coefficient (Wildman–Crippen LogP) is 1.43. The number of hydrogen-bond acceptors (Lipinski definition) is 1. The Morgan fingerprint density at radius 2 is 2.36 bits per heavy atom. The summed E-state index contributed by atoms with van der Waals surface area (Å²) in [4.78, 5) is 12.7. The summed E-state index contributed by atoms with van der Waals surface area (Å²) in [5, 5.41) is 0. The van der Waals surface area contributed by atoms with Crippen LogP contribution < -0.4 is 0 Å². The molecular formula is C9H15NO. The lowest BCUT2D eigenvalue weighted by Gasteiger charge is -2.29. The van der Waals surface area contributed by atoms with Crippen molar-refractivity contribution in [1.82, 2.24) is 4.90 Å². The first-order chi connectivity index (χ1) is 5.24. The Labute approximate surface area is 67.9 Å². The Kier molecular flexibility index (Phi) is 2.69. The molecule has 2 heteroatoms. The van der Waals surface area contributed by atoms with Gasteiger partial charge >= 0.3 is 0 Å². The molecule has 0 atom stereocenters. The first kappa shape index (κ1) is 8.31. The minimum Gasteiger partial charge on any atom is -0.342 e. The third-order valence-corrected chi connectivity index (χ3v) is 2.31. The van der Waals surface area contributed by atoms with Gasteiger partial charge in [-0.25, -0.2) is 0 Å². The van der Waals surface area contributed by atoms with Crippen LogP contribution in [0.5, 0.6) is 0 Å². The van der Waals surface area contributed by atoms with Gasteiger partial charge in [0.05, 0.1) is 0 Å². The van der Waals surface area contributed by atoms with E-state index in [2.05, 4.69) is 6.58 Å². The lowest BCUT2D eigenvalue weighted by molar-refractivity contribution is -0.125. The fourth-order valence-electron chi connectivity index (χ4n) is 1.31. The maximum atomic E-state index is 11.0. The molecule has 62 valence electrons. The van der Waals surface area contributed by atoms with Crippen LogP contribution in [0, 0.1) is 5.92 Å². The van der Waals surface area contributed by atoms with Crippen molar-refractivity contribution >= 4 is 5.91 Å². The minimum absolute atomic E-state index is 0.0388. The molecule has 0 spiro atoms. The van der Waals surface area contributed by atoms with E-state index in [9.17, 15) is 4.79 Å². The van der Waals surface area contributed by atoms with Gasteiger partial charge < -0.3 is 4.90 Å². The normalized spacial score (nSPS) is 17.2. The number of rotatable bonds is 3. The highest BCUT2D eigenvalue weighted by Crippen LogP contribution is 2.26. The van der Waals surface area contributed by atoms with Crippen molar-refractivity contribution in [3.63, 3.8) is 0 Å². The molecule has 0 saturated heterocycles. The third-order valence-electron chi connectivity index (χ3n) is 2.31. The number of carbonyl (C=O) groups is 1. The summed E-state index contributed by atoms with van der Waals surface area (Å²) in [5.41, 5.74) is 0. The van der Waals surface area contributed by atoms with Crippen LogP contribution in [-0.4, -0.2) is 24.4 Å². The SMILES string of the molecule is C=CC(=O)N(C)CC1CCC1. The van der Waals surface area contributed by atoms with Crippen LogP contribution >= 0.6 is 0 Å². The van der Waals surface area contributed by atoms with Crippen LogP contribution in [-0.2, 0) is 4.79 Å². The molecule has 0 unspecified atom stereocenters. The first-order valence-corrected chi connectivity index (χ1v) is 4.11. The zero-order chi connectivity index (χ0) is 8.27. The molecule has 11 heavy (non-hydrogen) atoms. The second-order valence-electron chi connectivity index (χ2n) is 3.22. The van der Waals surface area contributed by atoms with Crippen LogP contribution in [0.25, 0.3) is 0 Å². The van der Waals surface area contributed by atoms with Gasteiger partial charge in [0.25, 0.3) is 0 Å². The standard InChI is InChI=1S/C9H15NO/c1-3-9(11)10(2)7-8-5-4-6-8/h3,8H,1,4-7H2,2H3. The summed E-state index contributed by atoms with van der Waals surface area (Å²) in [6.45, 7) is 4.35. The second-order valence-corrected chi connectivity index (χ2v) is 3.22. The highest BCUT2D eigenvalue weighted by Gasteiger charge is 2.19. The Morgan fingerprint density at radius 1 is 1.73 bits per heavy atom. The number of carbonyl (C=O) groups excluding carboxylic acids is 1. The molecular weight excluding hydrogens is 138 g/mol. The maximum Gasteiger partial charge on any atom is 0.245 e. The molecule has 1 amide bonds. The van der Waals surface area contributed by atoms with Gasteiger partial charge in [-0.1, -0.05) is 13.0 Å². The summed E-state index contributed by atoms with van der Waals surface area (Å²) < 4.78 is 0. The van der Waals surface area contributed by atoms with Gasteiger partial charge in [0.15, 0.2) is 0 Å². The van der Waals surface area contributed by atoms with Gasteiger partial charge in [-0.05, 0) is 24.8 Å². The molecule has 0 N–H and O–H groups in total. The van der Waals surface area contributed by atoms with E-state index in [4.69, 9.17) is 0 Å². The second kappa shape index (κ2) is 3.56. The molecule has 0 radical (unpaired) electrons. The van der Waals surface area contributed by atoms with E-state index in [1.165, 1.54) is 25.3 Å². The molecule has 0 bridgehead atoms. The summed E-state index contributed by atoms with van der Waals surface area (Å²) in [5.74, 6) is 0.792. The van der Waals surface area contributed by atoms with Crippen LogP contribution in [0.4, 0.5) is 0 Å². The quantitative estimate of drug-likeness (QED) is 0.562. The molecule has 0 heterocycles. The van der Waals surface area contributed by atoms with E-state index < -0.39 is 0 Å². The summed E-state index contributed by atoms with van der Waals surface area (Å²) in [6, 6.07) is 0. The predicted molar refractivity (Wildman–Crippen MR) is 45.2 cm³/mol. The Morgan fingerprint density at radius 3 is 2.73 bits per heavy atom. The molecule has 1 aliphatic carbocycles. The topological polar surface area (TPSA) is 20.3 Å². The molecule has 0 aromatic heterocycles. The van der Waals surface area contributed by atoms with Crippen LogP contribution in [0.1, 0.15) is 19.3 Å².